The van der Waals surface area contributed by atoms with Crippen molar-refractivity contribution in [3.8, 4) is 11.1 Å². The minimum Gasteiger partial charge on any atom is -0.381 e. The van der Waals surface area contributed by atoms with Crippen LogP contribution >= 0.6 is 0 Å². The Labute approximate surface area is 310 Å². The van der Waals surface area contributed by atoms with Crippen LogP contribution in [0.25, 0.3) is 11.1 Å². The number of aryl methyl sites for hydroxylation is 1. The number of hydrogen-bond acceptors (Lipinski definition) is 4. The molecule has 7 rings (SSSR count). The lowest BCUT2D eigenvalue weighted by Gasteiger charge is -2.40. The van der Waals surface area contributed by atoms with Crippen molar-refractivity contribution in [2.45, 2.75) is 45.4 Å². The summed E-state index contributed by atoms with van der Waals surface area (Å²) in [6.07, 6.45) is 7.03. The van der Waals surface area contributed by atoms with E-state index < -0.39 is 0 Å². The summed E-state index contributed by atoms with van der Waals surface area (Å²) in [5.41, 5.74) is 10.9. The molecule has 0 amide bonds. The number of para-hydroxylation sites is 3. The topological polar surface area (TPSA) is 24.9 Å². The molecule has 1 saturated heterocycles. The zero-order chi connectivity index (χ0) is 35.4. The first-order chi connectivity index (χ1) is 25.7. The summed E-state index contributed by atoms with van der Waals surface area (Å²) < 4.78 is 11.4. The lowest BCUT2D eigenvalue weighted by Crippen LogP contribution is -2.45. The lowest BCUT2D eigenvalue weighted by molar-refractivity contribution is -0.150. The number of anilines is 6. The van der Waals surface area contributed by atoms with Crippen LogP contribution in [-0.4, -0.2) is 26.4 Å². The van der Waals surface area contributed by atoms with Crippen LogP contribution < -0.4 is 9.80 Å². The maximum atomic E-state index is 5.99. The predicted octanol–water partition coefficient (Wildman–Crippen LogP) is 12.8. The van der Waals surface area contributed by atoms with Gasteiger partial charge in [-0.3, -0.25) is 0 Å². The second-order valence-electron chi connectivity index (χ2n) is 14.0. The number of benzene rings is 6. The van der Waals surface area contributed by atoms with E-state index in [2.05, 4.69) is 181 Å². The van der Waals surface area contributed by atoms with Crippen molar-refractivity contribution >= 4 is 34.1 Å². The molecular formula is C48H50N2O2. The van der Waals surface area contributed by atoms with Gasteiger partial charge in [-0.2, -0.15) is 0 Å². The third-order valence-electron chi connectivity index (χ3n) is 10.3. The first-order valence-electron chi connectivity index (χ1n) is 18.9. The molecule has 264 valence electrons. The van der Waals surface area contributed by atoms with E-state index in [9.17, 15) is 0 Å². The monoisotopic (exact) mass is 686 g/mol. The molecule has 6 aromatic rings. The summed E-state index contributed by atoms with van der Waals surface area (Å²) in [6, 6.07) is 58.6. The van der Waals surface area contributed by atoms with Gasteiger partial charge in [-0.1, -0.05) is 111 Å². The normalized spacial score (nSPS) is 13.3. The first-order valence-corrected chi connectivity index (χ1v) is 18.9. The Morgan fingerprint density at radius 1 is 0.481 bits per heavy atom. The number of hydrogen-bond donors (Lipinski definition) is 0. The fourth-order valence-corrected chi connectivity index (χ4v) is 7.00. The molecule has 4 nitrogen and oxygen atoms in total. The van der Waals surface area contributed by atoms with Crippen molar-refractivity contribution in [1.82, 2.24) is 0 Å². The number of rotatable bonds is 17. The Morgan fingerprint density at radius 2 is 0.885 bits per heavy atom. The largest absolute Gasteiger partial charge is 0.381 e. The van der Waals surface area contributed by atoms with Crippen molar-refractivity contribution in [1.29, 1.82) is 0 Å². The summed E-state index contributed by atoms with van der Waals surface area (Å²) in [4.78, 5) is 4.63. The Bertz CT molecular complexity index is 1880. The Hall–Kier alpha value is -5.16. The molecule has 0 spiro atoms. The summed E-state index contributed by atoms with van der Waals surface area (Å²) in [5.74, 6) is 0. The Kier molecular flexibility index (Phi) is 11.8. The fraction of sp³-hybridized carbons (Fsp3) is 0.250. The molecule has 1 heterocycles. The average Bonchev–Trinajstić information content (AvgIpc) is 3.19. The smallest absolute Gasteiger partial charge is 0.0566 e. The van der Waals surface area contributed by atoms with Gasteiger partial charge >= 0.3 is 0 Å². The minimum atomic E-state index is 0.286. The SMILES string of the molecule is CCC1(COCCCCCCc2ccc(N(c3ccccc3)c3ccc(-c4ccc(N(c5ccccc5)c5ccccc5)cc4)cc3)cc2)COC1. The minimum absolute atomic E-state index is 0.286. The van der Waals surface area contributed by atoms with Crippen LogP contribution in [0.1, 0.15) is 44.6 Å². The molecule has 0 bridgehead atoms. The highest BCUT2D eigenvalue weighted by atomic mass is 16.5. The second kappa shape index (κ2) is 17.4. The van der Waals surface area contributed by atoms with Crippen molar-refractivity contribution in [2.24, 2.45) is 5.41 Å². The van der Waals surface area contributed by atoms with Crippen molar-refractivity contribution < 1.29 is 9.47 Å². The second-order valence-corrected chi connectivity index (χ2v) is 14.0. The van der Waals surface area contributed by atoms with Crippen LogP contribution in [-0.2, 0) is 15.9 Å². The molecule has 0 aliphatic carbocycles. The van der Waals surface area contributed by atoms with E-state index in [1.54, 1.807) is 0 Å². The fourth-order valence-electron chi connectivity index (χ4n) is 7.00. The van der Waals surface area contributed by atoms with Gasteiger partial charge in [0.2, 0.25) is 0 Å². The van der Waals surface area contributed by atoms with Gasteiger partial charge < -0.3 is 19.3 Å². The van der Waals surface area contributed by atoms with Crippen LogP contribution in [0.4, 0.5) is 34.1 Å². The average molecular weight is 687 g/mol. The molecule has 0 unspecified atom stereocenters. The molecule has 0 radical (unpaired) electrons. The number of unbranched alkanes of at least 4 members (excludes halogenated alkanes) is 3. The van der Waals surface area contributed by atoms with Crippen LogP contribution in [0.5, 0.6) is 0 Å². The maximum absolute atomic E-state index is 5.99. The predicted molar refractivity (Wildman–Crippen MR) is 218 cm³/mol. The zero-order valence-corrected chi connectivity index (χ0v) is 30.4. The lowest BCUT2D eigenvalue weighted by atomic mass is 9.84. The van der Waals surface area contributed by atoms with E-state index in [1.165, 1.54) is 36.0 Å². The van der Waals surface area contributed by atoms with Crippen molar-refractivity contribution in [3.05, 3.63) is 169 Å². The number of nitrogens with zero attached hydrogens (tertiary/aromatic N) is 2. The van der Waals surface area contributed by atoms with Crippen LogP contribution in [0.15, 0.2) is 164 Å². The van der Waals surface area contributed by atoms with E-state index in [-0.39, 0.29) is 5.41 Å². The number of ether oxygens (including phenoxy) is 2. The van der Waals surface area contributed by atoms with E-state index in [1.807, 2.05) is 0 Å². The van der Waals surface area contributed by atoms with E-state index >= 15 is 0 Å². The maximum Gasteiger partial charge on any atom is 0.0566 e. The van der Waals surface area contributed by atoms with Gasteiger partial charge in [0.05, 0.1) is 19.8 Å². The van der Waals surface area contributed by atoms with Crippen LogP contribution in [0.2, 0.25) is 0 Å². The first kappa shape index (κ1) is 35.3. The Balaban J connectivity index is 0.989. The standard InChI is InChI=1S/C48H50N2O2/c1-2-48(37-52-38-48)36-51-35-15-4-3-8-16-39-23-29-45(30-24-39)50(44-21-13-7-14-22-44)47-33-27-41(28-34-47)40-25-31-46(32-26-40)49(42-17-9-5-10-18-42)43-19-11-6-12-20-43/h5-7,9-14,17-34H,2-4,8,15-16,35-38H2,1H3. The molecule has 52 heavy (non-hydrogen) atoms. The summed E-state index contributed by atoms with van der Waals surface area (Å²) in [7, 11) is 0. The van der Waals surface area contributed by atoms with Gasteiger partial charge in [-0.15, -0.1) is 0 Å². The van der Waals surface area contributed by atoms with Gasteiger partial charge in [0.1, 0.15) is 0 Å². The molecule has 6 aromatic carbocycles. The quantitative estimate of drug-likeness (QED) is 0.0892. The zero-order valence-electron chi connectivity index (χ0n) is 30.4. The molecule has 0 atom stereocenters. The molecule has 1 fully saturated rings. The van der Waals surface area contributed by atoms with Gasteiger partial charge in [0.25, 0.3) is 0 Å². The van der Waals surface area contributed by atoms with Gasteiger partial charge in [0.15, 0.2) is 0 Å². The highest BCUT2D eigenvalue weighted by molar-refractivity contribution is 5.80. The molecule has 1 aliphatic heterocycles. The molecule has 0 saturated carbocycles. The summed E-state index contributed by atoms with van der Waals surface area (Å²) in [5, 5.41) is 0. The van der Waals surface area contributed by atoms with E-state index in [0.717, 1.165) is 79.8 Å². The molecule has 0 N–H and O–H groups in total. The summed E-state index contributed by atoms with van der Waals surface area (Å²) >= 11 is 0. The third kappa shape index (κ3) is 8.65. The van der Waals surface area contributed by atoms with Crippen molar-refractivity contribution in [3.63, 3.8) is 0 Å². The van der Waals surface area contributed by atoms with Crippen LogP contribution in [0, 0.1) is 5.41 Å². The van der Waals surface area contributed by atoms with Gasteiger partial charge in [0, 0.05) is 46.1 Å². The van der Waals surface area contributed by atoms with Crippen molar-refractivity contribution in [2.75, 3.05) is 36.2 Å². The van der Waals surface area contributed by atoms with E-state index in [4.69, 9.17) is 9.47 Å². The molecule has 4 heteroatoms. The molecule has 1 aliphatic rings. The van der Waals surface area contributed by atoms with Crippen LogP contribution in [0.3, 0.4) is 0 Å². The van der Waals surface area contributed by atoms with E-state index in [0.29, 0.717) is 0 Å². The highest BCUT2D eigenvalue weighted by Crippen LogP contribution is 2.38. The molecular weight excluding hydrogens is 637 g/mol. The highest BCUT2D eigenvalue weighted by Gasteiger charge is 2.36. The summed E-state index contributed by atoms with van der Waals surface area (Å²) in [6.45, 7) is 5.66. The Morgan fingerprint density at radius 3 is 1.29 bits per heavy atom. The van der Waals surface area contributed by atoms with Gasteiger partial charge in [-0.05, 0) is 115 Å². The third-order valence-corrected chi connectivity index (χ3v) is 10.3. The van der Waals surface area contributed by atoms with Gasteiger partial charge in [-0.25, -0.2) is 0 Å². The molecule has 0 aromatic heterocycles.